The number of nitrogens with zero attached hydrogens (tertiary/aromatic N) is 1. The van der Waals surface area contributed by atoms with Crippen LogP contribution in [0.3, 0.4) is 0 Å². The summed E-state index contributed by atoms with van der Waals surface area (Å²) in [6.07, 6.45) is 75.6. The minimum Gasteiger partial charge on any atom is -0.756 e. The van der Waals surface area contributed by atoms with E-state index in [4.69, 9.17) is 18.5 Å². The number of esters is 2. The number of ether oxygens (including phenoxy) is 2. The Morgan fingerprint density at radius 3 is 1.08 bits per heavy atom. The molecule has 10 heteroatoms. The monoisotopic (exact) mass is 1050 g/mol. The average molecular weight is 1050 g/mol. The van der Waals surface area contributed by atoms with Gasteiger partial charge in [-0.3, -0.25) is 14.2 Å². The Morgan fingerprint density at radius 2 is 0.730 bits per heavy atom. The second kappa shape index (κ2) is 54.5. The van der Waals surface area contributed by atoms with Crippen LogP contribution in [-0.4, -0.2) is 70.0 Å². The van der Waals surface area contributed by atoms with Gasteiger partial charge in [0.25, 0.3) is 7.82 Å². The van der Waals surface area contributed by atoms with Crippen LogP contribution in [0.25, 0.3) is 0 Å². The van der Waals surface area contributed by atoms with Crippen molar-refractivity contribution in [2.24, 2.45) is 0 Å². The smallest absolute Gasteiger partial charge is 0.306 e. The van der Waals surface area contributed by atoms with Crippen LogP contribution in [0.4, 0.5) is 0 Å². The van der Waals surface area contributed by atoms with Crippen molar-refractivity contribution in [2.45, 2.75) is 238 Å². The Kier molecular flexibility index (Phi) is 52.0. The summed E-state index contributed by atoms with van der Waals surface area (Å²) >= 11 is 0. The van der Waals surface area contributed by atoms with Crippen LogP contribution in [0, 0.1) is 0 Å². The number of unbranched alkanes of at least 4 members (excludes halogenated alkanes) is 21. The fourth-order valence-electron chi connectivity index (χ4n) is 7.79. The Balaban J connectivity index is 4.18. The molecule has 2 unspecified atom stereocenters. The molecule has 0 saturated carbocycles. The summed E-state index contributed by atoms with van der Waals surface area (Å²) in [5.41, 5.74) is 0. The number of phosphoric acid groups is 1. The van der Waals surface area contributed by atoms with Gasteiger partial charge in [0.1, 0.15) is 19.8 Å². The molecule has 0 amide bonds. The fourth-order valence-corrected chi connectivity index (χ4v) is 8.52. The second-order valence-corrected chi connectivity index (χ2v) is 22.0. The molecule has 0 rings (SSSR count). The fraction of sp³-hybridized carbons (Fsp3) is 0.688. The lowest BCUT2D eigenvalue weighted by Crippen LogP contribution is -2.37. The first kappa shape index (κ1) is 70.7. The summed E-state index contributed by atoms with van der Waals surface area (Å²) in [4.78, 5) is 37.9. The van der Waals surface area contributed by atoms with E-state index in [9.17, 15) is 19.0 Å². The molecule has 0 aliphatic rings. The summed E-state index contributed by atoms with van der Waals surface area (Å²) in [7, 11) is 1.15. The lowest BCUT2D eigenvalue weighted by atomic mass is 10.0. The third-order valence-corrected chi connectivity index (χ3v) is 13.3. The summed E-state index contributed by atoms with van der Waals surface area (Å²) in [6, 6.07) is 0. The van der Waals surface area contributed by atoms with Gasteiger partial charge in [0.15, 0.2) is 6.10 Å². The Labute approximate surface area is 455 Å². The number of rotatable bonds is 53. The van der Waals surface area contributed by atoms with E-state index in [1.807, 2.05) is 21.1 Å². The van der Waals surface area contributed by atoms with E-state index < -0.39 is 26.5 Å². The molecule has 0 heterocycles. The predicted molar refractivity (Wildman–Crippen MR) is 314 cm³/mol. The van der Waals surface area contributed by atoms with Gasteiger partial charge in [-0.25, -0.2) is 0 Å². The molecule has 0 radical (unpaired) electrons. The van der Waals surface area contributed by atoms with Gasteiger partial charge in [-0.15, -0.1) is 0 Å². The molecule has 0 aliphatic carbocycles. The number of quaternary nitrogens is 1. The Hall–Kier alpha value is -3.33. The first-order valence-electron chi connectivity index (χ1n) is 29.6. The lowest BCUT2D eigenvalue weighted by molar-refractivity contribution is -0.870. The third-order valence-electron chi connectivity index (χ3n) is 12.3. The van der Waals surface area contributed by atoms with Gasteiger partial charge in [0.05, 0.1) is 27.7 Å². The van der Waals surface area contributed by atoms with E-state index in [-0.39, 0.29) is 32.0 Å². The molecule has 9 nitrogen and oxygen atoms in total. The molecule has 2 atom stereocenters. The molecule has 424 valence electrons. The van der Waals surface area contributed by atoms with Crippen LogP contribution >= 0.6 is 7.82 Å². The van der Waals surface area contributed by atoms with Crippen LogP contribution in [0.1, 0.15) is 232 Å². The Bertz CT molecular complexity index is 1620. The van der Waals surface area contributed by atoms with Gasteiger partial charge in [-0.1, -0.05) is 232 Å². The molecule has 0 aromatic carbocycles. The second-order valence-electron chi connectivity index (χ2n) is 20.6. The van der Waals surface area contributed by atoms with Crippen LogP contribution in [0.2, 0.25) is 0 Å². The maximum atomic E-state index is 12.8. The minimum atomic E-state index is -4.65. The molecule has 0 bridgehead atoms. The van der Waals surface area contributed by atoms with Gasteiger partial charge in [-0.05, 0) is 96.3 Å². The molecule has 0 aliphatic heterocycles. The van der Waals surface area contributed by atoms with E-state index in [1.54, 1.807) is 0 Å². The van der Waals surface area contributed by atoms with Crippen molar-refractivity contribution >= 4 is 19.8 Å². The number of hydrogen-bond donors (Lipinski definition) is 0. The van der Waals surface area contributed by atoms with Crippen molar-refractivity contribution in [3.8, 4) is 0 Å². The number of carbonyl (C=O) groups excluding carboxylic acids is 2. The highest BCUT2D eigenvalue weighted by Gasteiger charge is 2.22. The summed E-state index contributed by atoms with van der Waals surface area (Å²) in [5.74, 6) is -0.850. The van der Waals surface area contributed by atoms with Gasteiger partial charge >= 0.3 is 11.9 Å². The topological polar surface area (TPSA) is 111 Å². The molecule has 0 saturated heterocycles. The van der Waals surface area contributed by atoms with Crippen molar-refractivity contribution in [1.29, 1.82) is 0 Å². The highest BCUT2D eigenvalue weighted by Crippen LogP contribution is 2.38. The van der Waals surface area contributed by atoms with Gasteiger partial charge in [0, 0.05) is 12.8 Å². The summed E-state index contributed by atoms with van der Waals surface area (Å²) in [6.45, 7) is 4.00. The first-order valence-corrected chi connectivity index (χ1v) is 31.1. The quantitative estimate of drug-likeness (QED) is 0.0195. The normalized spacial score (nSPS) is 14.1. The van der Waals surface area contributed by atoms with Crippen LogP contribution in [-0.2, 0) is 32.7 Å². The molecular weight excluding hydrogens is 942 g/mol. The standard InChI is InChI=1S/C64H110NO8P/c1-6-8-10-12-14-16-18-20-22-24-26-28-30-31-32-33-35-36-38-40-42-44-46-48-50-52-54-56-63(66)70-60-62(61-72-74(68,69)71-59-58-65(3,4)5)73-64(67)57-55-53-51-49-47-45-43-41-39-37-34-29-27-25-23-21-19-17-15-13-11-9-7-2/h8-11,14-17,20-23,26-29,37,39,62H,6-7,12-13,18-19,24-25,30-36,38,40-61H2,1-5H3/b10-8-,11-9-,16-14-,17-15-,22-20-,23-21-,28-26-,29-27-,39-37-. The van der Waals surface area contributed by atoms with Crippen LogP contribution in [0.5, 0.6) is 0 Å². The molecule has 0 fully saturated rings. The molecule has 0 N–H and O–H groups in total. The van der Waals surface area contributed by atoms with Crippen molar-refractivity contribution in [2.75, 3.05) is 47.5 Å². The van der Waals surface area contributed by atoms with E-state index >= 15 is 0 Å². The van der Waals surface area contributed by atoms with Gasteiger partial charge in [0.2, 0.25) is 0 Å². The zero-order valence-corrected chi connectivity index (χ0v) is 48.9. The molecule has 74 heavy (non-hydrogen) atoms. The molecule has 0 aromatic heterocycles. The number of hydrogen-bond acceptors (Lipinski definition) is 8. The van der Waals surface area contributed by atoms with Crippen molar-refractivity contribution in [3.63, 3.8) is 0 Å². The SMILES string of the molecule is CC/C=C\C/C=C\C/C=C\C/C=C\C/C=C\CCCCCCCCCC(=O)OC(COC(=O)CCCCCCCCCCCCCCCC/C=C\C/C=C\C/C=C\C/C=C\CC)COP(=O)([O-])OCC[N+](C)(C)C. The molecule has 0 aromatic rings. The molecule has 0 spiro atoms. The number of allylic oxidation sites excluding steroid dienone is 18. The van der Waals surface area contributed by atoms with Gasteiger partial charge < -0.3 is 27.9 Å². The number of carbonyl (C=O) groups is 2. The predicted octanol–water partition coefficient (Wildman–Crippen LogP) is 18.0. The third kappa shape index (κ3) is 57.9. The highest BCUT2D eigenvalue weighted by molar-refractivity contribution is 7.45. The maximum absolute atomic E-state index is 12.8. The lowest BCUT2D eigenvalue weighted by Gasteiger charge is -2.28. The average Bonchev–Trinajstić information content (AvgIpc) is 3.36. The zero-order chi connectivity index (χ0) is 54.2. The van der Waals surface area contributed by atoms with Crippen LogP contribution < -0.4 is 4.89 Å². The largest absolute Gasteiger partial charge is 0.756 e. The van der Waals surface area contributed by atoms with E-state index in [2.05, 4.69) is 123 Å². The zero-order valence-electron chi connectivity index (χ0n) is 48.0. The van der Waals surface area contributed by atoms with E-state index in [1.165, 1.54) is 96.3 Å². The van der Waals surface area contributed by atoms with Crippen molar-refractivity contribution in [1.82, 2.24) is 0 Å². The molecular formula is C64H110NO8P. The van der Waals surface area contributed by atoms with E-state index in [0.717, 1.165) is 103 Å². The van der Waals surface area contributed by atoms with E-state index in [0.29, 0.717) is 17.4 Å². The minimum absolute atomic E-state index is 0.0384. The van der Waals surface area contributed by atoms with Crippen LogP contribution in [0.15, 0.2) is 109 Å². The first-order chi connectivity index (χ1) is 36.0. The van der Waals surface area contributed by atoms with Gasteiger partial charge in [-0.2, -0.15) is 0 Å². The van der Waals surface area contributed by atoms with Crippen molar-refractivity contribution < 1.29 is 42.1 Å². The Morgan fingerprint density at radius 1 is 0.419 bits per heavy atom. The number of likely N-dealkylation sites (N-methyl/N-ethyl adjacent to an activating group) is 1. The van der Waals surface area contributed by atoms with Crippen molar-refractivity contribution in [3.05, 3.63) is 109 Å². The maximum Gasteiger partial charge on any atom is 0.306 e. The summed E-state index contributed by atoms with van der Waals surface area (Å²) in [5, 5.41) is 0. The summed E-state index contributed by atoms with van der Waals surface area (Å²) < 4.78 is 34.2. The number of phosphoric ester groups is 1. The highest BCUT2D eigenvalue weighted by atomic mass is 31.2.